The molecular formula is C18H37N3O3Si2. The molecule has 3 unspecified atom stereocenters. The van der Waals surface area contributed by atoms with Gasteiger partial charge in [0.25, 0.3) is 0 Å². The Morgan fingerprint density at radius 3 is 2.08 bits per heavy atom. The van der Waals surface area contributed by atoms with Crippen molar-refractivity contribution in [3.63, 3.8) is 0 Å². The van der Waals surface area contributed by atoms with Crippen molar-refractivity contribution in [1.82, 2.24) is 0 Å². The average Bonchev–Trinajstić information content (AvgIpc) is 3.03. The predicted molar refractivity (Wildman–Crippen MR) is 110 cm³/mol. The first-order chi connectivity index (χ1) is 11.6. The molecule has 1 aliphatic heterocycles. The van der Waals surface area contributed by atoms with Crippen LogP contribution in [0.2, 0.25) is 36.3 Å². The molecule has 1 saturated heterocycles. The molecule has 0 bridgehead atoms. The molecule has 1 aliphatic carbocycles. The summed E-state index contributed by atoms with van der Waals surface area (Å²) in [6.07, 6.45) is 0.628. The summed E-state index contributed by atoms with van der Waals surface area (Å²) in [5.74, 6) is 0. The highest BCUT2D eigenvalue weighted by atomic mass is 28.4. The number of nitrogens with zero attached hydrogens (tertiary/aromatic N) is 3. The minimum Gasteiger partial charge on any atom is -0.414 e. The van der Waals surface area contributed by atoms with E-state index in [9.17, 15) is 0 Å². The van der Waals surface area contributed by atoms with E-state index in [4.69, 9.17) is 19.1 Å². The van der Waals surface area contributed by atoms with Crippen LogP contribution in [0, 0.1) is 0 Å². The van der Waals surface area contributed by atoms with E-state index in [-0.39, 0.29) is 28.3 Å². The highest BCUT2D eigenvalue weighted by molar-refractivity contribution is 6.74. The Hall–Kier alpha value is -0.376. The lowest BCUT2D eigenvalue weighted by molar-refractivity contribution is 0.0267. The minimum atomic E-state index is -1.99. The molecule has 2 aliphatic rings. The van der Waals surface area contributed by atoms with Crippen molar-refractivity contribution < 1.29 is 13.6 Å². The zero-order valence-electron chi connectivity index (χ0n) is 18.2. The third-order valence-electron chi connectivity index (χ3n) is 6.92. The second-order valence-corrected chi connectivity index (χ2v) is 20.4. The van der Waals surface area contributed by atoms with Crippen molar-refractivity contribution in [3.8, 4) is 0 Å². The zero-order chi connectivity index (χ0) is 20.2. The topological polar surface area (TPSA) is 76.5 Å². The fourth-order valence-electron chi connectivity index (χ4n) is 2.97. The summed E-state index contributed by atoms with van der Waals surface area (Å²) in [5, 5.41) is 4.36. The maximum Gasteiger partial charge on any atom is 0.192 e. The van der Waals surface area contributed by atoms with Gasteiger partial charge in [0.05, 0.1) is 30.5 Å². The highest BCUT2D eigenvalue weighted by Gasteiger charge is 2.71. The molecule has 6 nitrogen and oxygen atoms in total. The number of fused-ring (bicyclic) bond motifs is 1. The van der Waals surface area contributed by atoms with E-state index in [0.29, 0.717) is 6.61 Å². The van der Waals surface area contributed by atoms with Gasteiger partial charge in [-0.2, -0.15) is 0 Å². The largest absolute Gasteiger partial charge is 0.414 e. The summed E-state index contributed by atoms with van der Waals surface area (Å²) < 4.78 is 19.3. The van der Waals surface area contributed by atoms with Crippen molar-refractivity contribution in [1.29, 1.82) is 0 Å². The maximum atomic E-state index is 9.14. The maximum absolute atomic E-state index is 9.14. The molecule has 0 aromatic carbocycles. The number of ether oxygens (including phenoxy) is 1. The van der Waals surface area contributed by atoms with E-state index in [0.717, 1.165) is 6.42 Å². The van der Waals surface area contributed by atoms with E-state index in [1.807, 2.05) is 0 Å². The first-order valence-electron chi connectivity index (χ1n) is 9.61. The first-order valence-corrected chi connectivity index (χ1v) is 15.4. The third-order valence-corrected chi connectivity index (χ3v) is 15.9. The number of hydrogen-bond donors (Lipinski definition) is 0. The van der Waals surface area contributed by atoms with Gasteiger partial charge in [0.1, 0.15) is 0 Å². The van der Waals surface area contributed by atoms with Crippen LogP contribution in [0.4, 0.5) is 0 Å². The van der Waals surface area contributed by atoms with Gasteiger partial charge in [-0.1, -0.05) is 46.7 Å². The van der Waals surface area contributed by atoms with E-state index in [1.165, 1.54) is 0 Å². The Balaban J connectivity index is 2.15. The number of rotatable bonds is 6. The van der Waals surface area contributed by atoms with E-state index in [2.05, 4.69) is 77.8 Å². The molecule has 0 spiro atoms. The molecule has 150 valence electrons. The normalized spacial score (nSPS) is 32.2. The second kappa shape index (κ2) is 6.60. The van der Waals surface area contributed by atoms with Crippen LogP contribution in [-0.4, -0.2) is 47.1 Å². The Kier molecular flexibility index (Phi) is 5.57. The number of azide groups is 1. The molecule has 26 heavy (non-hydrogen) atoms. The summed E-state index contributed by atoms with van der Waals surface area (Å²) >= 11 is 0. The fraction of sp³-hybridized carbons (Fsp3) is 1.00. The second-order valence-electron chi connectivity index (χ2n) is 10.9. The Labute approximate surface area is 160 Å². The summed E-state index contributed by atoms with van der Waals surface area (Å²) in [6, 6.07) is -0.309. The quantitative estimate of drug-likeness (QED) is 0.252. The van der Waals surface area contributed by atoms with Gasteiger partial charge >= 0.3 is 0 Å². The van der Waals surface area contributed by atoms with Crippen molar-refractivity contribution in [2.24, 2.45) is 5.11 Å². The van der Waals surface area contributed by atoms with Crippen molar-refractivity contribution in [2.45, 2.75) is 108 Å². The Morgan fingerprint density at radius 1 is 1.08 bits per heavy atom. The van der Waals surface area contributed by atoms with Crippen molar-refractivity contribution in [3.05, 3.63) is 10.4 Å². The van der Waals surface area contributed by atoms with Crippen LogP contribution in [0.15, 0.2) is 5.11 Å². The van der Waals surface area contributed by atoms with E-state index in [1.54, 1.807) is 0 Å². The molecule has 0 aromatic rings. The van der Waals surface area contributed by atoms with Crippen LogP contribution in [-0.2, 0) is 13.6 Å². The van der Waals surface area contributed by atoms with Crippen LogP contribution in [0.5, 0.6) is 0 Å². The van der Waals surface area contributed by atoms with Gasteiger partial charge in [-0.05, 0) is 41.8 Å². The first kappa shape index (κ1) is 21.9. The monoisotopic (exact) mass is 399 g/mol. The van der Waals surface area contributed by atoms with Gasteiger partial charge in [-0.3, -0.25) is 0 Å². The summed E-state index contributed by atoms with van der Waals surface area (Å²) in [4.78, 5) is 3.11. The van der Waals surface area contributed by atoms with Gasteiger partial charge in [0.15, 0.2) is 16.6 Å². The van der Waals surface area contributed by atoms with Gasteiger partial charge in [-0.15, -0.1) is 0 Å². The SMILES string of the molecule is CC(C)(C)[Si](C)(C)OCC1OC2C[C@]2(O[Si](C)(C)C(C)(C)C)C1N=[N+]=[N-]. The molecule has 8 heteroatoms. The molecule has 2 fully saturated rings. The van der Waals surface area contributed by atoms with Crippen molar-refractivity contribution >= 4 is 16.6 Å². The molecule has 4 atom stereocenters. The molecule has 1 heterocycles. The summed E-state index contributed by atoms with van der Waals surface area (Å²) in [5.41, 5.74) is 8.69. The third kappa shape index (κ3) is 3.91. The molecule has 2 rings (SSSR count). The highest BCUT2D eigenvalue weighted by Crippen LogP contribution is 2.57. The molecular weight excluding hydrogens is 362 g/mol. The van der Waals surface area contributed by atoms with Crippen molar-refractivity contribution in [2.75, 3.05) is 6.61 Å². The molecule has 0 amide bonds. The molecule has 0 radical (unpaired) electrons. The fourth-order valence-corrected chi connectivity index (χ4v) is 5.57. The summed E-state index contributed by atoms with van der Waals surface area (Å²) in [7, 11) is -3.87. The van der Waals surface area contributed by atoms with Crippen LogP contribution in [0.25, 0.3) is 10.4 Å². The lowest BCUT2D eigenvalue weighted by atomic mass is 10.1. The van der Waals surface area contributed by atoms with Crippen LogP contribution in [0.3, 0.4) is 0 Å². The minimum absolute atomic E-state index is 0.0279. The molecule has 0 aromatic heterocycles. The molecule has 0 N–H and O–H groups in total. The lowest BCUT2D eigenvalue weighted by Gasteiger charge is -2.41. The molecule has 1 saturated carbocycles. The number of hydrogen-bond acceptors (Lipinski definition) is 4. The van der Waals surface area contributed by atoms with E-state index >= 15 is 0 Å². The van der Waals surface area contributed by atoms with Crippen LogP contribution in [0.1, 0.15) is 48.0 Å². The van der Waals surface area contributed by atoms with Crippen LogP contribution >= 0.6 is 0 Å². The average molecular weight is 400 g/mol. The smallest absolute Gasteiger partial charge is 0.192 e. The van der Waals surface area contributed by atoms with E-state index < -0.39 is 22.2 Å². The Bertz CT molecular complexity index is 591. The lowest BCUT2D eigenvalue weighted by Crippen LogP contribution is -2.50. The van der Waals surface area contributed by atoms with Gasteiger partial charge in [0.2, 0.25) is 0 Å². The zero-order valence-corrected chi connectivity index (χ0v) is 20.2. The predicted octanol–water partition coefficient (Wildman–Crippen LogP) is 5.62. The summed E-state index contributed by atoms with van der Waals surface area (Å²) in [6.45, 7) is 22.8. The van der Waals surface area contributed by atoms with Crippen LogP contribution < -0.4 is 0 Å². The Morgan fingerprint density at radius 2 is 1.62 bits per heavy atom. The van der Waals surface area contributed by atoms with Gasteiger partial charge in [0, 0.05) is 11.3 Å². The van der Waals surface area contributed by atoms with Gasteiger partial charge < -0.3 is 13.6 Å². The van der Waals surface area contributed by atoms with Gasteiger partial charge in [-0.25, -0.2) is 0 Å². The standard InChI is InChI=1S/C18H37N3O3Si2/c1-16(2,3)25(7,8)22-12-13-15(20-21-19)18(11-14(18)23-13)24-26(9,10)17(4,5)6/h13-15H,11-12H2,1-10H3/t13?,14?,15?,18-/m1/s1.